The molecule has 0 aliphatic carbocycles. The van der Waals surface area contributed by atoms with Crippen molar-refractivity contribution in [3.05, 3.63) is 0 Å². The highest BCUT2D eigenvalue weighted by Crippen LogP contribution is 2.15. The normalized spacial score (nSPS) is 13.0. The fourth-order valence-electron chi connectivity index (χ4n) is 1.02. The highest BCUT2D eigenvalue weighted by Gasteiger charge is 2.28. The first-order valence-electron chi connectivity index (χ1n) is 5.82. The number of hydrogen-bond donors (Lipinski definition) is 1. The third-order valence-corrected chi connectivity index (χ3v) is 4.85. The fourth-order valence-corrected chi connectivity index (χ4v) is 1.97. The Labute approximate surface area is 99.7 Å². The van der Waals surface area contributed by atoms with E-state index in [9.17, 15) is 8.42 Å². The molecule has 0 spiro atoms. The van der Waals surface area contributed by atoms with Gasteiger partial charge in [-0.15, -0.1) is 0 Å². The number of rotatable bonds is 8. The van der Waals surface area contributed by atoms with Gasteiger partial charge in [0, 0.05) is 6.54 Å². The van der Waals surface area contributed by atoms with Crippen LogP contribution in [0.3, 0.4) is 0 Å². The molecule has 0 aliphatic rings. The first-order chi connectivity index (χ1) is 7.31. The zero-order valence-corrected chi connectivity index (χ0v) is 11.7. The predicted octanol–water partition coefficient (Wildman–Crippen LogP) is 1.22. The van der Waals surface area contributed by atoms with Crippen LogP contribution < -0.4 is 5.32 Å². The molecule has 0 amide bonds. The lowest BCUT2D eigenvalue weighted by molar-refractivity contribution is 0.150. The van der Waals surface area contributed by atoms with Crippen molar-refractivity contribution in [1.29, 1.82) is 0 Å². The van der Waals surface area contributed by atoms with Crippen LogP contribution in [0, 0.1) is 0 Å². The lowest BCUT2D eigenvalue weighted by Crippen LogP contribution is -2.32. The Kier molecular flexibility index (Phi) is 7.19. The molecule has 0 bridgehead atoms. The number of nitrogens with one attached hydrogen (secondary N) is 1. The van der Waals surface area contributed by atoms with Crippen LogP contribution in [0.5, 0.6) is 0 Å². The quantitative estimate of drug-likeness (QED) is 0.659. The topological polar surface area (TPSA) is 55.4 Å². The van der Waals surface area contributed by atoms with Gasteiger partial charge in [-0.3, -0.25) is 0 Å². The Morgan fingerprint density at radius 2 is 1.75 bits per heavy atom. The van der Waals surface area contributed by atoms with E-state index in [4.69, 9.17) is 4.74 Å². The smallest absolute Gasteiger partial charge is 0.157 e. The van der Waals surface area contributed by atoms with Gasteiger partial charge in [-0.25, -0.2) is 8.42 Å². The SMILES string of the molecule is CCCNCCOCCS(=O)(=O)C(C)(C)C. The minimum atomic E-state index is -3.04. The number of sulfone groups is 1. The fraction of sp³-hybridized carbons (Fsp3) is 1.00. The second-order valence-electron chi connectivity index (χ2n) is 4.79. The van der Waals surface area contributed by atoms with E-state index >= 15 is 0 Å². The number of hydrogen-bond acceptors (Lipinski definition) is 4. The number of ether oxygens (including phenoxy) is 1. The summed E-state index contributed by atoms with van der Waals surface area (Å²) in [5, 5.41) is 3.19. The summed E-state index contributed by atoms with van der Waals surface area (Å²) in [5.74, 6) is 0.101. The molecule has 0 aromatic heterocycles. The molecule has 1 N–H and O–H groups in total. The maximum absolute atomic E-state index is 11.7. The van der Waals surface area contributed by atoms with Crippen molar-refractivity contribution in [3.8, 4) is 0 Å². The molecule has 0 rings (SSSR count). The molecule has 0 radical (unpaired) electrons. The van der Waals surface area contributed by atoms with Gasteiger partial charge < -0.3 is 10.1 Å². The summed E-state index contributed by atoms with van der Waals surface area (Å²) >= 11 is 0. The minimum Gasteiger partial charge on any atom is -0.379 e. The summed E-state index contributed by atoms with van der Waals surface area (Å²) in [6.07, 6.45) is 1.10. The van der Waals surface area contributed by atoms with Crippen LogP contribution in [-0.2, 0) is 14.6 Å². The van der Waals surface area contributed by atoms with Gasteiger partial charge in [-0.1, -0.05) is 6.92 Å². The van der Waals surface area contributed by atoms with E-state index in [1.165, 1.54) is 0 Å². The highest BCUT2D eigenvalue weighted by molar-refractivity contribution is 7.92. The molecule has 0 fully saturated rings. The standard InChI is InChI=1S/C11H25NO3S/c1-5-6-12-7-8-15-9-10-16(13,14)11(2,3)4/h12H,5-10H2,1-4H3. The molecule has 0 saturated heterocycles. The molecule has 0 unspecified atom stereocenters. The van der Waals surface area contributed by atoms with Crippen LogP contribution in [-0.4, -0.2) is 45.2 Å². The molecule has 16 heavy (non-hydrogen) atoms. The summed E-state index contributed by atoms with van der Waals surface area (Å²) < 4.78 is 28.0. The van der Waals surface area contributed by atoms with Crippen molar-refractivity contribution in [1.82, 2.24) is 5.32 Å². The van der Waals surface area contributed by atoms with Crippen molar-refractivity contribution in [2.75, 3.05) is 32.1 Å². The molecule has 0 atom stereocenters. The average molecular weight is 251 g/mol. The molecule has 4 nitrogen and oxygen atoms in total. The first-order valence-corrected chi connectivity index (χ1v) is 7.47. The average Bonchev–Trinajstić information content (AvgIpc) is 2.14. The molecular weight excluding hydrogens is 226 g/mol. The van der Waals surface area contributed by atoms with Crippen LogP contribution in [0.4, 0.5) is 0 Å². The summed E-state index contributed by atoms with van der Waals surface area (Å²) in [7, 11) is -3.04. The van der Waals surface area contributed by atoms with E-state index < -0.39 is 14.6 Å². The van der Waals surface area contributed by atoms with Crippen LogP contribution in [0.15, 0.2) is 0 Å². The third kappa shape index (κ3) is 6.45. The second-order valence-corrected chi connectivity index (χ2v) is 7.66. The van der Waals surface area contributed by atoms with Crippen molar-refractivity contribution in [2.24, 2.45) is 0 Å². The van der Waals surface area contributed by atoms with Gasteiger partial charge in [0.15, 0.2) is 9.84 Å². The van der Waals surface area contributed by atoms with Gasteiger partial charge in [-0.2, -0.15) is 0 Å². The van der Waals surface area contributed by atoms with E-state index in [-0.39, 0.29) is 12.4 Å². The predicted molar refractivity (Wildman–Crippen MR) is 67.5 cm³/mol. The molecular formula is C11H25NO3S. The van der Waals surface area contributed by atoms with E-state index in [0.717, 1.165) is 19.5 Å². The minimum absolute atomic E-state index is 0.101. The van der Waals surface area contributed by atoms with Crippen LogP contribution in [0.25, 0.3) is 0 Å². The Morgan fingerprint density at radius 3 is 2.25 bits per heavy atom. The van der Waals surface area contributed by atoms with Crippen molar-refractivity contribution in [2.45, 2.75) is 38.9 Å². The lowest BCUT2D eigenvalue weighted by Gasteiger charge is -2.18. The first kappa shape index (κ1) is 15.9. The summed E-state index contributed by atoms with van der Waals surface area (Å²) in [4.78, 5) is 0. The zero-order valence-electron chi connectivity index (χ0n) is 10.9. The van der Waals surface area contributed by atoms with Gasteiger partial charge in [0.2, 0.25) is 0 Å². The summed E-state index contributed by atoms with van der Waals surface area (Å²) in [6.45, 7) is 9.85. The van der Waals surface area contributed by atoms with Gasteiger partial charge in [0.1, 0.15) is 0 Å². The summed E-state index contributed by atoms with van der Waals surface area (Å²) in [6, 6.07) is 0. The van der Waals surface area contributed by atoms with Gasteiger partial charge >= 0.3 is 0 Å². The van der Waals surface area contributed by atoms with E-state index in [1.807, 2.05) is 0 Å². The van der Waals surface area contributed by atoms with Gasteiger partial charge in [-0.05, 0) is 33.7 Å². The Morgan fingerprint density at radius 1 is 1.12 bits per heavy atom. The van der Waals surface area contributed by atoms with Crippen LogP contribution in [0.2, 0.25) is 0 Å². The monoisotopic (exact) mass is 251 g/mol. The maximum Gasteiger partial charge on any atom is 0.157 e. The van der Waals surface area contributed by atoms with Crippen molar-refractivity contribution < 1.29 is 13.2 Å². The van der Waals surface area contributed by atoms with E-state index in [2.05, 4.69) is 12.2 Å². The molecule has 0 heterocycles. The molecule has 0 aromatic rings. The lowest BCUT2D eigenvalue weighted by atomic mass is 10.3. The van der Waals surface area contributed by atoms with E-state index in [0.29, 0.717) is 6.61 Å². The largest absolute Gasteiger partial charge is 0.379 e. The van der Waals surface area contributed by atoms with Crippen molar-refractivity contribution >= 4 is 9.84 Å². The Hall–Kier alpha value is -0.130. The molecule has 98 valence electrons. The van der Waals surface area contributed by atoms with Gasteiger partial charge in [0.05, 0.1) is 23.7 Å². The Balaban J connectivity index is 3.60. The van der Waals surface area contributed by atoms with Crippen LogP contribution in [0.1, 0.15) is 34.1 Å². The van der Waals surface area contributed by atoms with Crippen molar-refractivity contribution in [3.63, 3.8) is 0 Å². The summed E-state index contributed by atoms with van der Waals surface area (Å²) in [5.41, 5.74) is 0. The molecule has 0 aliphatic heterocycles. The third-order valence-electron chi connectivity index (χ3n) is 2.28. The van der Waals surface area contributed by atoms with Crippen LogP contribution >= 0.6 is 0 Å². The highest BCUT2D eigenvalue weighted by atomic mass is 32.2. The van der Waals surface area contributed by atoms with Gasteiger partial charge in [0.25, 0.3) is 0 Å². The zero-order chi connectivity index (χ0) is 12.7. The Bertz CT molecular complexity index is 267. The molecule has 0 saturated carbocycles. The maximum atomic E-state index is 11.7. The molecule has 5 heteroatoms. The van der Waals surface area contributed by atoms with E-state index in [1.54, 1.807) is 20.8 Å². The molecule has 0 aromatic carbocycles. The second kappa shape index (κ2) is 7.25.